The Hall–Kier alpha value is -1.92. The van der Waals surface area contributed by atoms with Crippen molar-refractivity contribution in [1.29, 1.82) is 0 Å². The van der Waals surface area contributed by atoms with E-state index in [0.29, 0.717) is 5.69 Å². The molecule has 2 amide bonds. The van der Waals surface area contributed by atoms with Gasteiger partial charge < -0.3 is 20.1 Å². The summed E-state index contributed by atoms with van der Waals surface area (Å²) in [4.78, 5) is 24.0. The van der Waals surface area contributed by atoms with E-state index in [2.05, 4.69) is 5.32 Å². The van der Waals surface area contributed by atoms with Crippen molar-refractivity contribution in [2.24, 2.45) is 0 Å². The molecule has 20 heavy (non-hydrogen) atoms. The quantitative estimate of drug-likeness (QED) is 0.845. The minimum Gasteiger partial charge on any atom is -0.394 e. The number of carbonyl (C=O) groups excluding carboxylic acids is 2. The van der Waals surface area contributed by atoms with E-state index in [1.807, 2.05) is 12.1 Å². The topological polar surface area (TPSA) is 78.9 Å². The number of aliphatic hydroxyl groups excluding tert-OH is 1. The molecule has 2 rings (SSSR count). The average Bonchev–Trinajstić information content (AvgIpc) is 2.42. The summed E-state index contributed by atoms with van der Waals surface area (Å²) < 4.78 is 5.53. The molecule has 1 saturated heterocycles. The van der Waals surface area contributed by atoms with Gasteiger partial charge in [-0.05, 0) is 17.7 Å². The van der Waals surface area contributed by atoms with Gasteiger partial charge in [0.1, 0.15) is 12.7 Å². The predicted molar refractivity (Wildman–Crippen MR) is 73.1 cm³/mol. The number of hydrogen-bond acceptors (Lipinski definition) is 4. The number of carbonyl (C=O) groups is 2. The van der Waals surface area contributed by atoms with Crippen molar-refractivity contribution in [1.82, 2.24) is 4.90 Å². The van der Waals surface area contributed by atoms with Crippen LogP contribution in [0.1, 0.15) is 18.6 Å². The van der Waals surface area contributed by atoms with Crippen molar-refractivity contribution in [2.45, 2.75) is 19.1 Å². The van der Waals surface area contributed by atoms with Crippen LogP contribution in [0.3, 0.4) is 0 Å². The molecule has 1 aromatic carbocycles. The number of likely N-dealkylation sites (N-methyl/N-ethyl adjacent to an activating group) is 1. The van der Waals surface area contributed by atoms with Gasteiger partial charge in [-0.15, -0.1) is 0 Å². The molecule has 1 fully saturated rings. The number of amides is 2. The third kappa shape index (κ3) is 2.97. The molecule has 2 N–H and O–H groups in total. The van der Waals surface area contributed by atoms with Crippen LogP contribution in [0.25, 0.3) is 0 Å². The number of nitrogens with zero attached hydrogens (tertiary/aromatic N) is 1. The Morgan fingerprint density at radius 1 is 1.45 bits per heavy atom. The highest BCUT2D eigenvalue weighted by Gasteiger charge is 2.34. The summed E-state index contributed by atoms with van der Waals surface area (Å²) in [5.74, 6) is -0.277. The molecule has 0 aliphatic carbocycles. The van der Waals surface area contributed by atoms with E-state index in [0.717, 1.165) is 5.56 Å². The Balaban J connectivity index is 2.17. The molecule has 0 radical (unpaired) electrons. The second-order valence-corrected chi connectivity index (χ2v) is 4.79. The lowest BCUT2D eigenvalue weighted by Gasteiger charge is -2.38. The van der Waals surface area contributed by atoms with E-state index in [4.69, 9.17) is 4.74 Å². The molecule has 6 nitrogen and oxygen atoms in total. The van der Waals surface area contributed by atoms with Gasteiger partial charge in [0.25, 0.3) is 0 Å². The van der Waals surface area contributed by atoms with Crippen molar-refractivity contribution >= 4 is 17.5 Å². The van der Waals surface area contributed by atoms with Gasteiger partial charge in [-0.2, -0.15) is 0 Å². The molecule has 6 heteroatoms. The first-order chi connectivity index (χ1) is 9.52. The van der Waals surface area contributed by atoms with Gasteiger partial charge >= 0.3 is 0 Å². The highest BCUT2D eigenvalue weighted by atomic mass is 16.5. The van der Waals surface area contributed by atoms with Gasteiger partial charge in [-0.1, -0.05) is 12.1 Å². The normalized spacial score (nSPS) is 22.8. The SMILES string of the molecule is CC(=O)Nc1ccc([C@H]2OCC(=O)N(C)[C@@H]2CO)cc1. The first-order valence-corrected chi connectivity index (χ1v) is 6.38. The fourth-order valence-electron chi connectivity index (χ4n) is 2.26. The monoisotopic (exact) mass is 278 g/mol. The molecule has 0 spiro atoms. The number of morpholine rings is 1. The molecule has 2 atom stereocenters. The van der Waals surface area contributed by atoms with Crippen LogP contribution in [0.15, 0.2) is 24.3 Å². The van der Waals surface area contributed by atoms with Crippen molar-refractivity contribution in [3.05, 3.63) is 29.8 Å². The zero-order valence-corrected chi connectivity index (χ0v) is 11.5. The molecule has 0 saturated carbocycles. The Morgan fingerprint density at radius 3 is 2.65 bits per heavy atom. The molecule has 1 heterocycles. The minimum atomic E-state index is -0.400. The van der Waals surface area contributed by atoms with Gasteiger partial charge in [0.2, 0.25) is 11.8 Å². The van der Waals surface area contributed by atoms with Crippen LogP contribution >= 0.6 is 0 Å². The summed E-state index contributed by atoms with van der Waals surface area (Å²) in [5.41, 5.74) is 1.56. The Kier molecular flexibility index (Phi) is 4.36. The standard InChI is InChI=1S/C14H18N2O4/c1-9(18)15-11-5-3-10(4-6-11)14-12(7-17)16(2)13(19)8-20-14/h3-6,12,14,17H,7-8H2,1-2H3,(H,15,18)/t12-,14-/m1/s1. The minimum absolute atomic E-state index is 0.00507. The van der Waals surface area contributed by atoms with Crippen LogP contribution in [0.4, 0.5) is 5.69 Å². The summed E-state index contributed by atoms with van der Waals surface area (Å²) in [6.07, 6.45) is -0.367. The number of benzene rings is 1. The number of aliphatic hydroxyl groups is 1. The maximum absolute atomic E-state index is 11.6. The van der Waals surface area contributed by atoms with Crippen LogP contribution in [-0.4, -0.2) is 48.1 Å². The van der Waals surface area contributed by atoms with E-state index < -0.39 is 6.04 Å². The van der Waals surface area contributed by atoms with Crippen LogP contribution in [0.2, 0.25) is 0 Å². The van der Waals surface area contributed by atoms with E-state index in [1.165, 1.54) is 11.8 Å². The van der Waals surface area contributed by atoms with E-state index in [1.54, 1.807) is 19.2 Å². The largest absolute Gasteiger partial charge is 0.394 e. The fraction of sp³-hybridized carbons (Fsp3) is 0.429. The third-order valence-electron chi connectivity index (χ3n) is 3.37. The predicted octanol–water partition coefficient (Wildman–Crippen LogP) is 0.536. The molecule has 108 valence electrons. The number of nitrogens with one attached hydrogen (secondary N) is 1. The van der Waals surface area contributed by atoms with Gasteiger partial charge in [0.15, 0.2) is 0 Å². The van der Waals surface area contributed by atoms with E-state index >= 15 is 0 Å². The van der Waals surface area contributed by atoms with Gasteiger partial charge in [-0.25, -0.2) is 0 Å². The lowest BCUT2D eigenvalue weighted by molar-refractivity contribution is -0.157. The highest BCUT2D eigenvalue weighted by molar-refractivity contribution is 5.88. The summed E-state index contributed by atoms with van der Waals surface area (Å²) in [6.45, 7) is 1.28. The van der Waals surface area contributed by atoms with E-state index in [-0.39, 0.29) is 31.1 Å². The molecule has 1 aliphatic rings. The number of hydrogen-bond donors (Lipinski definition) is 2. The molecular weight excluding hydrogens is 260 g/mol. The molecule has 0 aromatic heterocycles. The lowest BCUT2D eigenvalue weighted by atomic mass is 9.99. The van der Waals surface area contributed by atoms with Crippen molar-refractivity contribution in [3.63, 3.8) is 0 Å². The van der Waals surface area contributed by atoms with Gasteiger partial charge in [0, 0.05) is 19.7 Å². The second-order valence-electron chi connectivity index (χ2n) is 4.79. The van der Waals surface area contributed by atoms with Crippen LogP contribution in [0.5, 0.6) is 0 Å². The summed E-state index contributed by atoms with van der Waals surface area (Å²) in [7, 11) is 1.66. The third-order valence-corrected chi connectivity index (χ3v) is 3.37. The summed E-state index contributed by atoms with van der Waals surface area (Å²) >= 11 is 0. The number of rotatable bonds is 3. The summed E-state index contributed by atoms with van der Waals surface area (Å²) in [5, 5.41) is 12.1. The zero-order chi connectivity index (χ0) is 14.7. The maximum Gasteiger partial charge on any atom is 0.248 e. The average molecular weight is 278 g/mol. The fourth-order valence-corrected chi connectivity index (χ4v) is 2.26. The molecule has 1 aromatic rings. The maximum atomic E-state index is 11.6. The molecule has 1 aliphatic heterocycles. The van der Waals surface area contributed by atoms with E-state index in [9.17, 15) is 14.7 Å². The van der Waals surface area contributed by atoms with Gasteiger partial charge in [-0.3, -0.25) is 9.59 Å². The van der Waals surface area contributed by atoms with Crippen molar-refractivity contribution in [3.8, 4) is 0 Å². The van der Waals surface area contributed by atoms with Crippen LogP contribution in [0, 0.1) is 0 Å². The van der Waals surface area contributed by atoms with Crippen molar-refractivity contribution < 1.29 is 19.4 Å². The van der Waals surface area contributed by atoms with Crippen molar-refractivity contribution in [2.75, 3.05) is 25.6 Å². The second kappa shape index (κ2) is 6.02. The zero-order valence-electron chi connectivity index (χ0n) is 11.5. The van der Waals surface area contributed by atoms with Crippen LogP contribution < -0.4 is 5.32 Å². The molecule has 0 unspecified atom stereocenters. The smallest absolute Gasteiger partial charge is 0.248 e. The Labute approximate surface area is 117 Å². The first kappa shape index (κ1) is 14.5. The first-order valence-electron chi connectivity index (χ1n) is 6.38. The Bertz CT molecular complexity index is 500. The van der Waals surface area contributed by atoms with Crippen LogP contribution in [-0.2, 0) is 14.3 Å². The molecular formula is C14H18N2O4. The summed E-state index contributed by atoms with van der Waals surface area (Å²) in [6, 6.07) is 6.78. The Morgan fingerprint density at radius 2 is 2.10 bits per heavy atom. The van der Waals surface area contributed by atoms with Gasteiger partial charge in [0.05, 0.1) is 12.6 Å². The molecule has 0 bridgehead atoms. The highest BCUT2D eigenvalue weighted by Crippen LogP contribution is 2.28. The lowest BCUT2D eigenvalue weighted by Crippen LogP contribution is -2.50. The number of ether oxygens (including phenoxy) is 1. The number of anilines is 1.